The van der Waals surface area contributed by atoms with Crippen molar-refractivity contribution in [3.63, 3.8) is 0 Å². The fourth-order valence-electron chi connectivity index (χ4n) is 2.84. The van der Waals surface area contributed by atoms with Crippen molar-refractivity contribution in [3.05, 3.63) is 53.6 Å². The van der Waals surface area contributed by atoms with E-state index in [-0.39, 0.29) is 24.8 Å². The molecule has 0 fully saturated rings. The van der Waals surface area contributed by atoms with Crippen LogP contribution in [0.5, 0.6) is 11.5 Å². The number of likely N-dealkylation sites (N-methyl/N-ethyl adjacent to an activating group) is 1. The highest BCUT2D eigenvalue weighted by molar-refractivity contribution is 5.84. The third-order valence-electron chi connectivity index (χ3n) is 4.48. The van der Waals surface area contributed by atoms with Gasteiger partial charge in [-0.2, -0.15) is 5.10 Å². The van der Waals surface area contributed by atoms with Gasteiger partial charge in [-0.05, 0) is 62.2 Å². The van der Waals surface area contributed by atoms with Crippen LogP contribution in [-0.2, 0) is 16.0 Å². The van der Waals surface area contributed by atoms with Crippen LogP contribution in [0.25, 0.3) is 0 Å². The first-order chi connectivity index (χ1) is 15.0. The fraction of sp³-hybridized carbons (Fsp3) is 0.348. The monoisotopic (exact) mass is 426 g/mol. The van der Waals surface area contributed by atoms with Crippen molar-refractivity contribution in [2.45, 2.75) is 27.2 Å². The van der Waals surface area contributed by atoms with Gasteiger partial charge in [-0.25, -0.2) is 5.43 Å². The number of nitrogens with one attached hydrogen (secondary N) is 1. The number of anilines is 1. The molecular weight excluding hydrogens is 396 g/mol. The summed E-state index contributed by atoms with van der Waals surface area (Å²) in [5.41, 5.74) is 10.4. The lowest BCUT2D eigenvalue weighted by Gasteiger charge is -2.19. The summed E-state index contributed by atoms with van der Waals surface area (Å²) >= 11 is 0. The van der Waals surface area contributed by atoms with Crippen LogP contribution in [0.1, 0.15) is 31.9 Å². The largest absolute Gasteiger partial charge is 0.490 e. The number of nitrogen functional groups attached to an aromatic ring is 1. The molecule has 0 bridgehead atoms. The van der Waals surface area contributed by atoms with Crippen LogP contribution >= 0.6 is 0 Å². The molecular formula is C23H30N4O4. The van der Waals surface area contributed by atoms with Gasteiger partial charge >= 0.3 is 0 Å². The van der Waals surface area contributed by atoms with Gasteiger partial charge in [0.25, 0.3) is 5.91 Å². The Morgan fingerprint density at radius 2 is 1.74 bits per heavy atom. The van der Waals surface area contributed by atoms with Gasteiger partial charge in [0.05, 0.1) is 19.2 Å². The number of carbonyl (C=O) groups is 2. The summed E-state index contributed by atoms with van der Waals surface area (Å²) in [6.45, 7) is 7.37. The summed E-state index contributed by atoms with van der Waals surface area (Å²) in [4.78, 5) is 25.9. The molecule has 2 aromatic carbocycles. The number of nitrogens with zero attached hydrogens (tertiary/aromatic N) is 2. The highest BCUT2D eigenvalue weighted by Crippen LogP contribution is 2.28. The van der Waals surface area contributed by atoms with Crippen LogP contribution in [-0.4, -0.2) is 49.2 Å². The second kappa shape index (κ2) is 12.2. The van der Waals surface area contributed by atoms with Crippen LogP contribution in [0, 0.1) is 0 Å². The molecule has 2 amide bonds. The molecule has 8 heteroatoms. The first kappa shape index (κ1) is 23.7. The Kier molecular flexibility index (Phi) is 9.35. The third kappa shape index (κ3) is 7.65. The molecule has 2 rings (SSSR count). The molecule has 0 aliphatic carbocycles. The maximum atomic E-state index is 12.2. The molecule has 0 heterocycles. The van der Waals surface area contributed by atoms with E-state index in [1.165, 1.54) is 6.21 Å². The van der Waals surface area contributed by atoms with Gasteiger partial charge in [-0.15, -0.1) is 0 Å². The number of amides is 2. The standard InChI is InChI=1S/C23H30N4O4/c1-4-27(5-2)23(29)16-31-20-12-9-18(13-21(20)30-6-3)15-25-26-22(28)14-17-7-10-19(24)11-8-17/h7-13,15H,4-6,14,16,24H2,1-3H3,(H,26,28)/b25-15-. The lowest BCUT2D eigenvalue weighted by Crippen LogP contribution is -2.34. The average molecular weight is 427 g/mol. The van der Waals surface area contributed by atoms with E-state index < -0.39 is 0 Å². The quantitative estimate of drug-likeness (QED) is 0.326. The Hall–Kier alpha value is -3.55. The Morgan fingerprint density at radius 3 is 2.39 bits per heavy atom. The Morgan fingerprint density at radius 1 is 1.03 bits per heavy atom. The Labute approximate surface area is 183 Å². The zero-order valence-corrected chi connectivity index (χ0v) is 18.3. The predicted octanol–water partition coefficient (Wildman–Crippen LogP) is 2.61. The second-order valence-corrected chi connectivity index (χ2v) is 6.71. The van der Waals surface area contributed by atoms with Gasteiger partial charge in [0.1, 0.15) is 0 Å². The van der Waals surface area contributed by atoms with E-state index in [1.54, 1.807) is 47.4 Å². The molecule has 0 aliphatic rings. The molecule has 3 N–H and O–H groups in total. The lowest BCUT2D eigenvalue weighted by molar-refractivity contribution is -0.133. The molecule has 8 nitrogen and oxygen atoms in total. The van der Waals surface area contributed by atoms with Crippen molar-refractivity contribution in [2.75, 3.05) is 32.0 Å². The van der Waals surface area contributed by atoms with Crippen LogP contribution in [0.15, 0.2) is 47.6 Å². The molecule has 0 spiro atoms. The number of hydrazone groups is 1. The molecule has 0 aromatic heterocycles. The molecule has 0 radical (unpaired) electrons. The molecule has 0 unspecified atom stereocenters. The third-order valence-corrected chi connectivity index (χ3v) is 4.48. The molecule has 2 aromatic rings. The molecule has 166 valence electrons. The van der Waals surface area contributed by atoms with E-state index in [4.69, 9.17) is 15.2 Å². The maximum Gasteiger partial charge on any atom is 0.260 e. The summed E-state index contributed by atoms with van der Waals surface area (Å²) in [5.74, 6) is 0.668. The van der Waals surface area contributed by atoms with Crippen LogP contribution < -0.4 is 20.6 Å². The molecule has 0 aliphatic heterocycles. The summed E-state index contributed by atoms with van der Waals surface area (Å²) in [7, 11) is 0. The van der Waals surface area contributed by atoms with Crippen LogP contribution in [0.4, 0.5) is 5.69 Å². The van der Waals surface area contributed by atoms with E-state index in [0.717, 1.165) is 11.1 Å². The summed E-state index contributed by atoms with van der Waals surface area (Å²) in [6.07, 6.45) is 1.73. The van der Waals surface area contributed by atoms with E-state index >= 15 is 0 Å². The molecule has 0 atom stereocenters. The summed E-state index contributed by atoms with van der Waals surface area (Å²) < 4.78 is 11.3. The predicted molar refractivity (Wildman–Crippen MR) is 121 cm³/mol. The van der Waals surface area contributed by atoms with Gasteiger partial charge < -0.3 is 20.1 Å². The van der Waals surface area contributed by atoms with Crippen molar-refractivity contribution in [2.24, 2.45) is 5.10 Å². The van der Waals surface area contributed by atoms with Crippen LogP contribution in [0.3, 0.4) is 0 Å². The SMILES string of the molecule is CCOc1cc(/C=N\NC(=O)Cc2ccc(N)cc2)ccc1OCC(=O)N(CC)CC. The zero-order valence-electron chi connectivity index (χ0n) is 18.3. The van der Waals surface area contributed by atoms with Gasteiger partial charge in [0.2, 0.25) is 5.91 Å². The summed E-state index contributed by atoms with van der Waals surface area (Å²) in [5, 5.41) is 4.00. The lowest BCUT2D eigenvalue weighted by atomic mass is 10.1. The normalized spacial score (nSPS) is 10.7. The topological polar surface area (TPSA) is 106 Å². The van der Waals surface area contributed by atoms with Crippen LogP contribution in [0.2, 0.25) is 0 Å². The fourth-order valence-corrected chi connectivity index (χ4v) is 2.84. The maximum absolute atomic E-state index is 12.2. The second-order valence-electron chi connectivity index (χ2n) is 6.71. The number of carbonyl (C=O) groups excluding carboxylic acids is 2. The number of ether oxygens (including phenoxy) is 2. The average Bonchev–Trinajstić information content (AvgIpc) is 2.76. The Bertz CT molecular complexity index is 893. The van der Waals surface area contributed by atoms with Gasteiger partial charge in [0, 0.05) is 18.8 Å². The number of hydrogen-bond acceptors (Lipinski definition) is 6. The van der Waals surface area contributed by atoms with E-state index in [1.807, 2.05) is 20.8 Å². The zero-order chi connectivity index (χ0) is 22.6. The van der Waals surface area contributed by atoms with Crippen molar-refractivity contribution in [1.29, 1.82) is 0 Å². The van der Waals surface area contributed by atoms with Crippen molar-refractivity contribution in [1.82, 2.24) is 10.3 Å². The number of benzene rings is 2. The van der Waals surface area contributed by atoms with E-state index in [0.29, 0.717) is 36.9 Å². The van der Waals surface area contributed by atoms with Crippen molar-refractivity contribution in [3.8, 4) is 11.5 Å². The molecule has 0 saturated heterocycles. The highest BCUT2D eigenvalue weighted by Gasteiger charge is 2.13. The van der Waals surface area contributed by atoms with Gasteiger partial charge in [-0.1, -0.05) is 12.1 Å². The first-order valence-electron chi connectivity index (χ1n) is 10.3. The van der Waals surface area contributed by atoms with E-state index in [9.17, 15) is 9.59 Å². The minimum absolute atomic E-state index is 0.0591. The minimum Gasteiger partial charge on any atom is -0.490 e. The highest BCUT2D eigenvalue weighted by atomic mass is 16.5. The molecule has 0 saturated carbocycles. The summed E-state index contributed by atoms with van der Waals surface area (Å²) in [6, 6.07) is 12.3. The minimum atomic E-state index is -0.235. The number of rotatable bonds is 11. The smallest absolute Gasteiger partial charge is 0.260 e. The van der Waals surface area contributed by atoms with Crippen molar-refractivity contribution < 1.29 is 19.1 Å². The first-order valence-corrected chi connectivity index (χ1v) is 10.3. The number of nitrogens with two attached hydrogens (primary N) is 1. The van der Waals surface area contributed by atoms with E-state index in [2.05, 4.69) is 10.5 Å². The molecule has 31 heavy (non-hydrogen) atoms. The number of hydrogen-bond donors (Lipinski definition) is 2. The van der Waals surface area contributed by atoms with Gasteiger partial charge in [0.15, 0.2) is 18.1 Å². The van der Waals surface area contributed by atoms with Crippen molar-refractivity contribution >= 4 is 23.7 Å². The Balaban J connectivity index is 1.96. The van der Waals surface area contributed by atoms with Gasteiger partial charge in [-0.3, -0.25) is 9.59 Å².